The van der Waals surface area contributed by atoms with Crippen LogP contribution < -0.4 is 15.5 Å². The van der Waals surface area contributed by atoms with Crippen molar-refractivity contribution in [2.75, 3.05) is 28.6 Å². The fraction of sp³-hybridized carbons (Fsp3) is 0.211. The molecule has 0 unspecified atom stereocenters. The minimum atomic E-state index is 0.457. The maximum Gasteiger partial charge on any atom is 0.233 e. The minimum absolute atomic E-state index is 0.457. The first-order chi connectivity index (χ1) is 13.2. The molecule has 2 N–H and O–H groups in total. The highest BCUT2D eigenvalue weighted by Gasteiger charge is 2.17. The second-order valence-corrected chi connectivity index (χ2v) is 7.12. The monoisotopic (exact) mass is 400 g/mol. The molecular weight excluding hydrogens is 383 g/mol. The minimum Gasteiger partial charge on any atom is -0.341 e. The van der Waals surface area contributed by atoms with E-state index in [0.717, 1.165) is 37.3 Å². The van der Waals surface area contributed by atoms with Gasteiger partial charge in [0.15, 0.2) is 0 Å². The Morgan fingerprint density at radius 2 is 1.26 bits per heavy atom. The largest absolute Gasteiger partial charge is 0.341 e. The van der Waals surface area contributed by atoms with Gasteiger partial charge in [0.25, 0.3) is 0 Å². The van der Waals surface area contributed by atoms with Crippen LogP contribution in [0.2, 0.25) is 10.0 Å². The summed E-state index contributed by atoms with van der Waals surface area (Å²) in [6.45, 7) is 1.88. The number of halogens is 2. The van der Waals surface area contributed by atoms with E-state index in [0.29, 0.717) is 27.9 Å². The molecule has 0 amide bonds. The van der Waals surface area contributed by atoms with Crippen molar-refractivity contribution >= 4 is 52.4 Å². The van der Waals surface area contributed by atoms with Crippen LogP contribution in [0, 0.1) is 0 Å². The van der Waals surface area contributed by atoms with E-state index in [1.165, 1.54) is 0 Å². The Morgan fingerprint density at radius 3 is 1.74 bits per heavy atom. The fourth-order valence-electron chi connectivity index (χ4n) is 2.93. The Morgan fingerprint density at radius 1 is 0.741 bits per heavy atom. The average Bonchev–Trinajstić information content (AvgIpc) is 3.16. The van der Waals surface area contributed by atoms with Gasteiger partial charge < -0.3 is 15.5 Å². The van der Waals surface area contributed by atoms with E-state index in [4.69, 9.17) is 23.2 Å². The quantitative estimate of drug-likeness (QED) is 0.608. The third-order valence-electron chi connectivity index (χ3n) is 4.17. The second kappa shape index (κ2) is 7.98. The smallest absolute Gasteiger partial charge is 0.233 e. The lowest BCUT2D eigenvalue weighted by atomic mass is 10.3. The topological polar surface area (TPSA) is 66.0 Å². The lowest BCUT2D eigenvalue weighted by Crippen LogP contribution is -2.21. The van der Waals surface area contributed by atoms with Gasteiger partial charge >= 0.3 is 0 Å². The highest BCUT2D eigenvalue weighted by Crippen LogP contribution is 2.24. The molecule has 0 atom stereocenters. The molecule has 8 heteroatoms. The molecule has 1 aliphatic heterocycles. The summed E-state index contributed by atoms with van der Waals surface area (Å²) in [5, 5.41) is 7.70. The number of hydrogen-bond donors (Lipinski definition) is 2. The molecule has 2 heterocycles. The molecule has 0 saturated carbocycles. The molecular formula is C19H18Cl2N6. The van der Waals surface area contributed by atoms with Crippen molar-refractivity contribution in [2.45, 2.75) is 12.8 Å². The molecule has 4 rings (SSSR count). The highest BCUT2D eigenvalue weighted by molar-refractivity contribution is 6.31. The number of benzene rings is 2. The summed E-state index contributed by atoms with van der Waals surface area (Å²) in [6.07, 6.45) is 2.28. The normalized spacial score (nSPS) is 13.6. The molecule has 1 saturated heterocycles. The Labute approximate surface area is 167 Å². The predicted molar refractivity (Wildman–Crippen MR) is 111 cm³/mol. The Bertz CT molecular complexity index is 877. The van der Waals surface area contributed by atoms with Crippen molar-refractivity contribution in [2.24, 2.45) is 0 Å². The van der Waals surface area contributed by atoms with E-state index in [9.17, 15) is 0 Å². The molecule has 138 valence electrons. The first-order valence-corrected chi connectivity index (χ1v) is 9.47. The first-order valence-electron chi connectivity index (χ1n) is 8.72. The SMILES string of the molecule is Clc1cccc(Nc2nc(Nc3cccc(Cl)c3)nc(N3CCCC3)n2)c1. The summed E-state index contributed by atoms with van der Waals surface area (Å²) in [6, 6.07) is 14.9. The van der Waals surface area contributed by atoms with Crippen LogP contribution in [0.5, 0.6) is 0 Å². The number of rotatable bonds is 5. The van der Waals surface area contributed by atoms with Gasteiger partial charge in [0.05, 0.1) is 0 Å². The van der Waals surface area contributed by atoms with E-state index in [1.54, 1.807) is 0 Å². The van der Waals surface area contributed by atoms with Gasteiger partial charge in [-0.3, -0.25) is 0 Å². The molecule has 1 aliphatic rings. The summed E-state index contributed by atoms with van der Waals surface area (Å²) < 4.78 is 0. The summed E-state index contributed by atoms with van der Waals surface area (Å²) in [7, 11) is 0. The summed E-state index contributed by atoms with van der Waals surface area (Å²) in [5.41, 5.74) is 1.63. The van der Waals surface area contributed by atoms with E-state index < -0.39 is 0 Å². The first kappa shape index (κ1) is 17.8. The van der Waals surface area contributed by atoms with Crippen LogP contribution in [0.15, 0.2) is 48.5 Å². The van der Waals surface area contributed by atoms with Crippen molar-refractivity contribution in [3.63, 3.8) is 0 Å². The van der Waals surface area contributed by atoms with Crippen molar-refractivity contribution in [1.29, 1.82) is 0 Å². The molecule has 6 nitrogen and oxygen atoms in total. The zero-order valence-electron chi connectivity index (χ0n) is 14.5. The number of aromatic nitrogens is 3. The molecule has 0 aliphatic carbocycles. The van der Waals surface area contributed by atoms with Gasteiger partial charge in [0.1, 0.15) is 0 Å². The molecule has 1 fully saturated rings. The van der Waals surface area contributed by atoms with Crippen molar-refractivity contribution in [3.8, 4) is 0 Å². The van der Waals surface area contributed by atoms with Gasteiger partial charge in [-0.15, -0.1) is 0 Å². The van der Waals surface area contributed by atoms with Crippen molar-refractivity contribution < 1.29 is 0 Å². The fourth-order valence-corrected chi connectivity index (χ4v) is 3.31. The van der Waals surface area contributed by atoms with Gasteiger partial charge in [-0.1, -0.05) is 35.3 Å². The Balaban J connectivity index is 1.66. The molecule has 1 aromatic heterocycles. The highest BCUT2D eigenvalue weighted by atomic mass is 35.5. The van der Waals surface area contributed by atoms with Gasteiger partial charge in [0.2, 0.25) is 17.8 Å². The third kappa shape index (κ3) is 4.59. The molecule has 0 radical (unpaired) electrons. The van der Waals surface area contributed by atoms with Crippen LogP contribution >= 0.6 is 23.2 Å². The van der Waals surface area contributed by atoms with Crippen LogP contribution in [0.1, 0.15) is 12.8 Å². The van der Waals surface area contributed by atoms with Crippen molar-refractivity contribution in [1.82, 2.24) is 15.0 Å². The summed E-state index contributed by atoms with van der Waals surface area (Å²) in [4.78, 5) is 15.8. The van der Waals surface area contributed by atoms with Crippen LogP contribution in [0.4, 0.5) is 29.2 Å². The Kier molecular flexibility index (Phi) is 5.27. The van der Waals surface area contributed by atoms with E-state index in [2.05, 4.69) is 30.5 Å². The van der Waals surface area contributed by atoms with Gasteiger partial charge in [0, 0.05) is 34.5 Å². The van der Waals surface area contributed by atoms with Gasteiger partial charge in [-0.2, -0.15) is 15.0 Å². The van der Waals surface area contributed by atoms with Gasteiger partial charge in [-0.25, -0.2) is 0 Å². The van der Waals surface area contributed by atoms with E-state index >= 15 is 0 Å². The number of hydrogen-bond acceptors (Lipinski definition) is 6. The maximum atomic E-state index is 6.07. The second-order valence-electron chi connectivity index (χ2n) is 6.25. The average molecular weight is 401 g/mol. The van der Waals surface area contributed by atoms with Crippen molar-refractivity contribution in [3.05, 3.63) is 58.6 Å². The van der Waals surface area contributed by atoms with E-state index in [1.807, 2.05) is 48.5 Å². The number of anilines is 5. The van der Waals surface area contributed by atoms with Gasteiger partial charge in [-0.05, 0) is 49.2 Å². The molecule has 0 spiro atoms. The summed E-state index contributed by atoms with van der Waals surface area (Å²) in [5.74, 6) is 1.56. The maximum absolute atomic E-state index is 6.07. The molecule has 27 heavy (non-hydrogen) atoms. The lowest BCUT2D eigenvalue weighted by Gasteiger charge is -2.17. The molecule has 2 aromatic carbocycles. The Hall–Kier alpha value is -2.57. The molecule has 3 aromatic rings. The predicted octanol–water partition coefficient (Wildman–Crippen LogP) is 5.27. The number of nitrogens with one attached hydrogen (secondary N) is 2. The lowest BCUT2D eigenvalue weighted by molar-refractivity contribution is 0.886. The number of nitrogens with zero attached hydrogens (tertiary/aromatic N) is 4. The van der Waals surface area contributed by atoms with Crippen LogP contribution in [-0.4, -0.2) is 28.0 Å². The van der Waals surface area contributed by atoms with Crippen LogP contribution in [0.3, 0.4) is 0 Å². The molecule has 0 bridgehead atoms. The zero-order chi connectivity index (χ0) is 18.6. The third-order valence-corrected chi connectivity index (χ3v) is 4.64. The zero-order valence-corrected chi connectivity index (χ0v) is 16.0. The van der Waals surface area contributed by atoms with Crippen LogP contribution in [0.25, 0.3) is 0 Å². The van der Waals surface area contributed by atoms with E-state index in [-0.39, 0.29) is 0 Å². The summed E-state index contributed by atoms with van der Waals surface area (Å²) >= 11 is 12.1. The standard InChI is InChI=1S/C19H18Cl2N6/c20-13-5-3-7-15(11-13)22-17-24-18(23-16-8-4-6-14(21)12-16)26-19(25-17)27-9-1-2-10-27/h3-8,11-12H,1-2,9-10H2,(H2,22,23,24,25,26). The van der Waals surface area contributed by atoms with Crippen LogP contribution in [-0.2, 0) is 0 Å².